The van der Waals surface area contributed by atoms with Gasteiger partial charge >= 0.3 is 0 Å². The molecule has 0 bridgehead atoms. The first-order valence-electron chi connectivity index (χ1n) is 5.03. The van der Waals surface area contributed by atoms with Crippen LogP contribution in [0.15, 0.2) is 38.7 Å². The number of carbonyl (C=O) groups is 1. The molecule has 0 radical (unpaired) electrons. The van der Waals surface area contributed by atoms with E-state index in [1.807, 2.05) is 42.9 Å². The molecule has 88 valence electrons. The summed E-state index contributed by atoms with van der Waals surface area (Å²) in [6.07, 6.45) is 0.840. The topological polar surface area (TPSA) is 34.9 Å². The van der Waals surface area contributed by atoms with Crippen LogP contribution in [0.2, 0.25) is 0 Å². The van der Waals surface area contributed by atoms with Crippen LogP contribution in [0.3, 0.4) is 0 Å². The Balaban J connectivity index is 2.27. The van der Waals surface area contributed by atoms with Crippen molar-refractivity contribution in [1.29, 1.82) is 0 Å². The van der Waals surface area contributed by atoms with Gasteiger partial charge < -0.3 is 0 Å². The van der Waals surface area contributed by atoms with E-state index in [4.69, 9.17) is 0 Å². The van der Waals surface area contributed by atoms with Crippen molar-refractivity contribution >= 4 is 34.0 Å². The minimum absolute atomic E-state index is 0.663. The molecule has 0 saturated carbocycles. The Morgan fingerprint density at radius 2 is 2.18 bits per heavy atom. The lowest BCUT2D eigenvalue weighted by molar-refractivity contribution is 0.112. The highest BCUT2D eigenvalue weighted by Gasteiger charge is 2.06. The second kappa shape index (κ2) is 5.06. The lowest BCUT2D eigenvalue weighted by Crippen LogP contribution is -1.92. The van der Waals surface area contributed by atoms with Gasteiger partial charge in [-0.25, -0.2) is 0 Å². The van der Waals surface area contributed by atoms with Crippen LogP contribution in [0.25, 0.3) is 0 Å². The van der Waals surface area contributed by atoms with E-state index in [9.17, 15) is 4.79 Å². The van der Waals surface area contributed by atoms with E-state index in [-0.39, 0.29) is 0 Å². The second-order valence-electron chi connectivity index (χ2n) is 3.65. The average molecular weight is 311 g/mol. The number of aldehydes is 1. The first kappa shape index (κ1) is 12.4. The van der Waals surface area contributed by atoms with Gasteiger partial charge in [0.25, 0.3) is 0 Å². The summed E-state index contributed by atoms with van der Waals surface area (Å²) in [7, 11) is 1.92. The smallest absolute Gasteiger partial charge is 0.151 e. The summed E-state index contributed by atoms with van der Waals surface area (Å²) in [4.78, 5) is 11.8. The van der Waals surface area contributed by atoms with Crippen LogP contribution < -0.4 is 0 Å². The normalized spacial score (nSPS) is 10.5. The van der Waals surface area contributed by atoms with E-state index >= 15 is 0 Å². The maximum Gasteiger partial charge on any atom is 0.151 e. The zero-order valence-corrected chi connectivity index (χ0v) is 11.9. The van der Waals surface area contributed by atoms with Gasteiger partial charge in [-0.15, -0.1) is 0 Å². The standard InChI is InChI=1S/C12H11BrN2OS/c1-8-5-12(15(2)14-8)17-10-4-3-9(7-16)11(13)6-10/h3-7H,1-2H3. The third-order valence-corrected chi connectivity index (χ3v) is 4.05. The maximum atomic E-state index is 10.7. The van der Waals surface area contributed by atoms with E-state index in [0.29, 0.717) is 5.56 Å². The van der Waals surface area contributed by atoms with Gasteiger partial charge in [0.15, 0.2) is 6.29 Å². The van der Waals surface area contributed by atoms with Crippen LogP contribution in [-0.2, 0) is 7.05 Å². The largest absolute Gasteiger partial charge is 0.298 e. The Bertz CT molecular complexity index is 566. The molecule has 17 heavy (non-hydrogen) atoms. The molecule has 0 aliphatic rings. The molecule has 3 nitrogen and oxygen atoms in total. The van der Waals surface area contributed by atoms with Gasteiger partial charge in [0.2, 0.25) is 0 Å². The SMILES string of the molecule is Cc1cc(Sc2ccc(C=O)c(Br)c2)n(C)n1. The Kier molecular flexibility index (Phi) is 3.69. The van der Waals surface area contributed by atoms with Crippen molar-refractivity contribution in [2.24, 2.45) is 7.05 Å². The summed E-state index contributed by atoms with van der Waals surface area (Å²) in [6, 6.07) is 7.72. The maximum absolute atomic E-state index is 10.7. The van der Waals surface area contributed by atoms with Crippen LogP contribution in [0.5, 0.6) is 0 Å². The van der Waals surface area contributed by atoms with Crippen molar-refractivity contribution in [3.8, 4) is 0 Å². The molecule has 0 aliphatic heterocycles. The molecule has 1 aromatic carbocycles. The van der Waals surface area contributed by atoms with Crippen molar-refractivity contribution in [2.75, 3.05) is 0 Å². The highest BCUT2D eigenvalue weighted by molar-refractivity contribution is 9.10. The molecule has 5 heteroatoms. The Hall–Kier alpha value is -1.07. The third kappa shape index (κ3) is 2.79. The molecule has 0 saturated heterocycles. The molecular weight excluding hydrogens is 300 g/mol. The number of nitrogens with zero attached hydrogens (tertiary/aromatic N) is 2. The van der Waals surface area contributed by atoms with Crippen LogP contribution in [0.4, 0.5) is 0 Å². The predicted octanol–water partition coefficient (Wildman–Crippen LogP) is 3.45. The minimum atomic E-state index is 0.663. The molecule has 0 N–H and O–H groups in total. The lowest BCUT2D eigenvalue weighted by atomic mass is 10.2. The number of carbonyl (C=O) groups excluding carboxylic acids is 1. The number of aromatic nitrogens is 2. The van der Waals surface area contributed by atoms with Crippen LogP contribution in [-0.4, -0.2) is 16.1 Å². The van der Waals surface area contributed by atoms with Crippen molar-refractivity contribution < 1.29 is 4.79 Å². The minimum Gasteiger partial charge on any atom is -0.298 e. The fourth-order valence-electron chi connectivity index (χ4n) is 1.47. The quantitative estimate of drug-likeness (QED) is 0.814. The zero-order chi connectivity index (χ0) is 12.4. The number of benzene rings is 1. The van der Waals surface area contributed by atoms with Gasteiger partial charge in [-0.1, -0.05) is 27.7 Å². The molecule has 1 aromatic heterocycles. The summed E-state index contributed by atoms with van der Waals surface area (Å²) in [6.45, 7) is 1.97. The van der Waals surface area contributed by atoms with E-state index in [1.54, 1.807) is 11.8 Å². The van der Waals surface area contributed by atoms with Crippen molar-refractivity contribution in [3.63, 3.8) is 0 Å². The fourth-order valence-corrected chi connectivity index (χ4v) is 3.05. The molecule has 2 rings (SSSR count). The number of hydrogen-bond acceptors (Lipinski definition) is 3. The Morgan fingerprint density at radius 1 is 1.41 bits per heavy atom. The van der Waals surface area contributed by atoms with E-state index < -0.39 is 0 Å². The van der Waals surface area contributed by atoms with Crippen LogP contribution in [0.1, 0.15) is 16.1 Å². The molecule has 2 aromatic rings. The monoisotopic (exact) mass is 310 g/mol. The van der Waals surface area contributed by atoms with Gasteiger partial charge in [-0.3, -0.25) is 9.48 Å². The molecule has 0 unspecified atom stereocenters. The first-order valence-corrected chi connectivity index (χ1v) is 6.64. The fraction of sp³-hybridized carbons (Fsp3) is 0.167. The van der Waals surface area contributed by atoms with Gasteiger partial charge in [0.1, 0.15) is 0 Å². The van der Waals surface area contributed by atoms with E-state index in [0.717, 1.165) is 26.4 Å². The third-order valence-electron chi connectivity index (χ3n) is 2.28. The summed E-state index contributed by atoms with van der Waals surface area (Å²) in [5.41, 5.74) is 1.66. The highest BCUT2D eigenvalue weighted by Crippen LogP contribution is 2.30. The van der Waals surface area contributed by atoms with Gasteiger partial charge in [-0.05, 0) is 31.2 Å². The molecular formula is C12H11BrN2OS. The molecule has 0 amide bonds. The first-order chi connectivity index (χ1) is 8.10. The van der Waals surface area contributed by atoms with Crippen molar-refractivity contribution in [2.45, 2.75) is 16.8 Å². The molecule has 0 spiro atoms. The molecule has 0 fully saturated rings. The van der Waals surface area contributed by atoms with Gasteiger partial charge in [-0.2, -0.15) is 5.10 Å². The second-order valence-corrected chi connectivity index (χ2v) is 5.60. The summed E-state index contributed by atoms with van der Waals surface area (Å²) >= 11 is 5.00. The van der Waals surface area contributed by atoms with Gasteiger partial charge in [0.05, 0.1) is 10.7 Å². The van der Waals surface area contributed by atoms with E-state index in [1.165, 1.54) is 0 Å². The van der Waals surface area contributed by atoms with Crippen molar-refractivity contribution in [3.05, 3.63) is 40.0 Å². The zero-order valence-electron chi connectivity index (χ0n) is 9.48. The summed E-state index contributed by atoms with van der Waals surface area (Å²) < 4.78 is 2.66. The van der Waals surface area contributed by atoms with Crippen molar-refractivity contribution in [1.82, 2.24) is 9.78 Å². The number of rotatable bonds is 3. The predicted molar refractivity (Wildman–Crippen MR) is 71.6 cm³/mol. The Labute approximate surface area is 112 Å². The number of aryl methyl sites for hydroxylation is 2. The van der Waals surface area contributed by atoms with Crippen LogP contribution >= 0.6 is 27.7 Å². The van der Waals surface area contributed by atoms with Gasteiger partial charge in [0, 0.05) is 22.0 Å². The number of halogens is 1. The molecule has 0 atom stereocenters. The summed E-state index contributed by atoms with van der Waals surface area (Å²) in [5.74, 6) is 0. The highest BCUT2D eigenvalue weighted by atomic mass is 79.9. The Morgan fingerprint density at radius 3 is 2.71 bits per heavy atom. The number of hydrogen-bond donors (Lipinski definition) is 0. The summed E-state index contributed by atoms with van der Waals surface area (Å²) in [5, 5.41) is 5.37. The molecule has 1 heterocycles. The average Bonchev–Trinajstić information content (AvgIpc) is 2.58. The lowest BCUT2D eigenvalue weighted by Gasteiger charge is -2.03. The van der Waals surface area contributed by atoms with E-state index in [2.05, 4.69) is 21.0 Å². The van der Waals surface area contributed by atoms with Crippen LogP contribution in [0, 0.1) is 6.92 Å². The molecule has 0 aliphatic carbocycles.